The van der Waals surface area contributed by atoms with Crippen LogP contribution in [0, 0.1) is 22.7 Å². The van der Waals surface area contributed by atoms with Crippen molar-refractivity contribution in [2.24, 2.45) is 22.7 Å². The van der Waals surface area contributed by atoms with E-state index in [9.17, 15) is 19.8 Å². The summed E-state index contributed by atoms with van der Waals surface area (Å²) in [7, 11) is 0. The van der Waals surface area contributed by atoms with Crippen LogP contribution < -0.4 is 0 Å². The highest BCUT2D eigenvalue weighted by Gasteiger charge is 2.80. The lowest BCUT2D eigenvalue weighted by molar-refractivity contribution is -0.244. The number of alkyl halides is 1. The Morgan fingerprint density at radius 1 is 1.25 bits per heavy atom. The summed E-state index contributed by atoms with van der Waals surface area (Å²) in [6.45, 7) is 5.88. The van der Waals surface area contributed by atoms with Crippen molar-refractivity contribution >= 4 is 11.6 Å². The standard InChI is InChI=1S/C24H30F2O6/c1-20(2)31-19-9-13-14-8-16(25)15-7-12(28)5-6-21(15,3)23(14,26)17(29)10-22(13,4)24(19,32-20)18(30)11-27/h5-6,13-14,17,19,27,29H,7-11H2,1-4H3/t13-,14-,17-,19-,21-,22-,23-,24+/m0/s1. The van der Waals surface area contributed by atoms with E-state index in [0.29, 0.717) is 0 Å². The third-order valence-corrected chi connectivity index (χ3v) is 9.21. The van der Waals surface area contributed by atoms with Gasteiger partial charge in [-0.15, -0.1) is 0 Å². The molecule has 4 aliphatic carbocycles. The van der Waals surface area contributed by atoms with Gasteiger partial charge >= 0.3 is 0 Å². The molecule has 32 heavy (non-hydrogen) atoms. The average Bonchev–Trinajstić information content (AvgIpc) is 3.11. The van der Waals surface area contributed by atoms with E-state index in [0.717, 1.165) is 0 Å². The van der Waals surface area contributed by atoms with Crippen molar-refractivity contribution in [3.8, 4) is 0 Å². The minimum absolute atomic E-state index is 0.0966. The van der Waals surface area contributed by atoms with E-state index >= 15 is 8.78 Å². The van der Waals surface area contributed by atoms with Crippen LogP contribution in [0.5, 0.6) is 0 Å². The lowest BCUT2D eigenvalue weighted by Gasteiger charge is -2.62. The summed E-state index contributed by atoms with van der Waals surface area (Å²) in [5, 5.41) is 21.1. The van der Waals surface area contributed by atoms with Crippen molar-refractivity contribution in [2.75, 3.05) is 6.61 Å². The molecule has 0 radical (unpaired) electrons. The zero-order valence-corrected chi connectivity index (χ0v) is 18.8. The Labute approximate surface area is 185 Å². The van der Waals surface area contributed by atoms with E-state index in [2.05, 4.69) is 0 Å². The van der Waals surface area contributed by atoms with E-state index in [-0.39, 0.29) is 37.0 Å². The summed E-state index contributed by atoms with van der Waals surface area (Å²) in [6.07, 6.45) is 0.0542. The number of hydrogen-bond donors (Lipinski definition) is 2. The van der Waals surface area contributed by atoms with Gasteiger partial charge in [0.05, 0.1) is 12.2 Å². The van der Waals surface area contributed by atoms with Crippen molar-refractivity contribution in [3.05, 3.63) is 23.6 Å². The number of rotatable bonds is 2. The van der Waals surface area contributed by atoms with E-state index in [1.165, 1.54) is 12.2 Å². The number of halogens is 2. The second-order valence-corrected chi connectivity index (χ2v) is 11.0. The van der Waals surface area contributed by atoms with Crippen LogP contribution in [-0.2, 0) is 19.1 Å². The predicted octanol–water partition coefficient (Wildman–Crippen LogP) is 2.72. The molecule has 1 aliphatic heterocycles. The fourth-order valence-electron chi connectivity index (χ4n) is 7.89. The molecule has 0 bridgehead atoms. The van der Waals surface area contributed by atoms with Crippen LogP contribution in [0.15, 0.2) is 23.6 Å². The highest BCUT2D eigenvalue weighted by atomic mass is 19.1. The Hall–Kier alpha value is -1.48. The van der Waals surface area contributed by atoms with Crippen molar-refractivity contribution in [1.29, 1.82) is 0 Å². The monoisotopic (exact) mass is 452 g/mol. The lowest BCUT2D eigenvalue weighted by Crippen LogP contribution is -2.69. The smallest absolute Gasteiger partial charge is 0.193 e. The van der Waals surface area contributed by atoms with Gasteiger partial charge in [0, 0.05) is 29.6 Å². The molecule has 0 aromatic heterocycles. The largest absolute Gasteiger partial charge is 0.390 e. The number of ether oxygens (including phenoxy) is 2. The summed E-state index contributed by atoms with van der Waals surface area (Å²) in [5.74, 6) is -3.98. The first-order valence-corrected chi connectivity index (χ1v) is 11.3. The Morgan fingerprint density at radius 3 is 2.59 bits per heavy atom. The lowest BCUT2D eigenvalue weighted by atomic mass is 9.45. The molecule has 3 fully saturated rings. The molecule has 8 atom stereocenters. The van der Waals surface area contributed by atoms with Gasteiger partial charge in [-0.05, 0) is 51.2 Å². The Kier molecular flexibility index (Phi) is 4.42. The first-order chi connectivity index (χ1) is 14.8. The van der Waals surface area contributed by atoms with Crippen molar-refractivity contribution in [2.45, 2.75) is 82.6 Å². The maximum atomic E-state index is 17.1. The summed E-state index contributed by atoms with van der Waals surface area (Å²) >= 11 is 0. The number of fused-ring (bicyclic) bond motifs is 7. The molecule has 8 heteroatoms. The third-order valence-electron chi connectivity index (χ3n) is 9.21. The number of aliphatic hydroxyl groups excluding tert-OH is 2. The molecule has 1 saturated heterocycles. The van der Waals surface area contributed by atoms with Gasteiger partial charge in [0.15, 0.2) is 28.6 Å². The molecule has 0 aromatic rings. The number of carbonyl (C=O) groups excluding carboxylic acids is 2. The molecule has 2 saturated carbocycles. The number of ketones is 2. The minimum Gasteiger partial charge on any atom is -0.390 e. The molecule has 5 aliphatic rings. The van der Waals surface area contributed by atoms with Crippen LogP contribution in [0.25, 0.3) is 0 Å². The molecule has 5 rings (SSSR count). The van der Waals surface area contributed by atoms with Gasteiger partial charge in [0.1, 0.15) is 12.4 Å². The van der Waals surface area contributed by atoms with E-state index < -0.39 is 70.1 Å². The number of hydrogen-bond acceptors (Lipinski definition) is 6. The van der Waals surface area contributed by atoms with E-state index in [1.54, 1.807) is 27.7 Å². The normalized spacial score (nSPS) is 51.2. The first kappa shape index (κ1) is 22.3. The van der Waals surface area contributed by atoms with Gasteiger partial charge in [-0.1, -0.05) is 13.0 Å². The number of carbonyl (C=O) groups is 2. The summed E-state index contributed by atoms with van der Waals surface area (Å²) in [6, 6.07) is 0. The van der Waals surface area contributed by atoms with Gasteiger partial charge in [0.25, 0.3) is 0 Å². The van der Waals surface area contributed by atoms with Crippen LogP contribution >= 0.6 is 0 Å². The van der Waals surface area contributed by atoms with Crippen molar-refractivity contribution < 1.29 is 38.1 Å². The van der Waals surface area contributed by atoms with Gasteiger partial charge in [-0.2, -0.15) is 0 Å². The number of allylic oxidation sites excluding steroid dienone is 4. The fourth-order valence-corrected chi connectivity index (χ4v) is 7.89. The maximum absolute atomic E-state index is 17.1. The molecular weight excluding hydrogens is 422 g/mol. The molecular formula is C24H30F2O6. The highest BCUT2D eigenvalue weighted by Crippen LogP contribution is 2.72. The quantitative estimate of drug-likeness (QED) is 0.669. The topological polar surface area (TPSA) is 93.1 Å². The van der Waals surface area contributed by atoms with Crippen molar-refractivity contribution in [3.63, 3.8) is 0 Å². The van der Waals surface area contributed by atoms with Gasteiger partial charge in [0.2, 0.25) is 0 Å². The van der Waals surface area contributed by atoms with Gasteiger partial charge in [-0.25, -0.2) is 8.78 Å². The zero-order valence-electron chi connectivity index (χ0n) is 18.8. The Bertz CT molecular complexity index is 974. The number of Topliss-reactive ketones (excluding diaryl/α,β-unsaturated/α-hetero) is 1. The highest BCUT2D eigenvalue weighted by molar-refractivity contribution is 5.94. The van der Waals surface area contributed by atoms with Gasteiger partial charge < -0.3 is 19.7 Å². The fraction of sp³-hybridized carbons (Fsp3) is 0.750. The number of aliphatic hydroxyl groups is 2. The molecule has 0 aromatic carbocycles. The van der Waals surface area contributed by atoms with Crippen LogP contribution in [0.1, 0.15) is 53.4 Å². The summed E-state index contributed by atoms with van der Waals surface area (Å²) in [4.78, 5) is 25.1. The van der Waals surface area contributed by atoms with E-state index in [1.807, 2.05) is 0 Å². The van der Waals surface area contributed by atoms with Crippen LogP contribution in [-0.4, -0.2) is 57.7 Å². The molecule has 0 amide bonds. The third kappa shape index (κ3) is 2.32. The average molecular weight is 452 g/mol. The van der Waals surface area contributed by atoms with Crippen LogP contribution in [0.2, 0.25) is 0 Å². The first-order valence-electron chi connectivity index (χ1n) is 11.3. The molecule has 176 valence electrons. The predicted molar refractivity (Wildman–Crippen MR) is 109 cm³/mol. The van der Waals surface area contributed by atoms with Crippen molar-refractivity contribution in [1.82, 2.24) is 0 Å². The minimum atomic E-state index is -2.23. The SMILES string of the molecule is CC1(C)O[C@H]2C[C@H]3[C@@H]4CC(F)=C5CC(=O)C=C[C@]5(C)[C@@]4(F)[C@@H](O)C[C@]3(C)[C@]2(C(=O)CO)O1. The molecule has 0 unspecified atom stereocenters. The van der Waals surface area contributed by atoms with E-state index in [4.69, 9.17) is 9.47 Å². The van der Waals surface area contributed by atoms with Crippen LogP contribution in [0.4, 0.5) is 8.78 Å². The second-order valence-electron chi connectivity index (χ2n) is 11.0. The van der Waals surface area contributed by atoms with Crippen LogP contribution in [0.3, 0.4) is 0 Å². The molecule has 1 heterocycles. The Balaban J connectivity index is 1.67. The molecule has 0 spiro atoms. The van der Waals surface area contributed by atoms with Gasteiger partial charge in [-0.3, -0.25) is 9.59 Å². The molecule has 2 N–H and O–H groups in total. The Morgan fingerprint density at radius 2 is 1.94 bits per heavy atom. The summed E-state index contributed by atoms with van der Waals surface area (Å²) < 4.78 is 44.8. The molecule has 6 nitrogen and oxygen atoms in total. The second kappa shape index (κ2) is 6.34. The summed E-state index contributed by atoms with van der Waals surface area (Å²) in [5.41, 5.74) is -6.23. The maximum Gasteiger partial charge on any atom is 0.193 e. The zero-order chi connectivity index (χ0) is 23.5.